The van der Waals surface area contributed by atoms with Gasteiger partial charge in [0.05, 0.1) is 25.0 Å². The molecule has 1 aromatic carbocycles. The van der Waals surface area contributed by atoms with E-state index in [1.807, 2.05) is 0 Å². The van der Waals surface area contributed by atoms with Crippen LogP contribution in [-0.4, -0.2) is 37.1 Å². The van der Waals surface area contributed by atoms with Gasteiger partial charge in [-0.15, -0.1) is 0 Å². The molecule has 1 rings (SSSR count). The zero-order valence-corrected chi connectivity index (χ0v) is 19.7. The van der Waals surface area contributed by atoms with E-state index in [1.54, 1.807) is 24.3 Å². The van der Waals surface area contributed by atoms with Crippen LogP contribution in [0.4, 0.5) is 0 Å². The maximum atomic E-state index is 12.1. The molecule has 7 nitrogen and oxygen atoms in total. The minimum absolute atomic E-state index is 0.207. The Kier molecular flexibility index (Phi) is 15.7. The van der Waals surface area contributed by atoms with Gasteiger partial charge in [-0.05, 0) is 55.3 Å². The molecule has 0 radical (unpaired) electrons. The Morgan fingerprint density at radius 2 is 1.61 bits per heavy atom. The molecule has 0 aliphatic heterocycles. The van der Waals surface area contributed by atoms with Gasteiger partial charge in [0.2, 0.25) is 0 Å². The molecule has 0 fully saturated rings. The van der Waals surface area contributed by atoms with E-state index in [0.29, 0.717) is 24.5 Å². The molecular weight excluding hydrogens is 424 g/mol. The number of hydrogen-bond acceptors (Lipinski definition) is 7. The van der Waals surface area contributed by atoms with Crippen LogP contribution in [0.15, 0.2) is 60.6 Å². The van der Waals surface area contributed by atoms with Crippen LogP contribution in [0.5, 0.6) is 5.75 Å². The molecule has 0 amide bonds. The largest absolute Gasteiger partial charge is 0.494 e. The smallest absolute Gasteiger partial charge is 0.342 e. The molecule has 0 heterocycles. The van der Waals surface area contributed by atoms with Crippen LogP contribution in [0.2, 0.25) is 0 Å². The number of benzene rings is 1. The number of carbonyl (C=O) groups excluding carboxylic acids is 2. The Labute approximate surface area is 196 Å². The Morgan fingerprint density at radius 3 is 2.30 bits per heavy atom. The molecule has 33 heavy (non-hydrogen) atoms. The first-order valence-corrected chi connectivity index (χ1v) is 11.5. The molecule has 0 saturated heterocycles. The highest BCUT2D eigenvalue weighted by molar-refractivity contribution is 5.89. The van der Waals surface area contributed by atoms with Crippen molar-refractivity contribution in [3.8, 4) is 5.75 Å². The first-order chi connectivity index (χ1) is 16.1. The molecule has 0 saturated carbocycles. The van der Waals surface area contributed by atoms with Crippen LogP contribution in [0.25, 0.3) is 0 Å². The fourth-order valence-electron chi connectivity index (χ4n) is 2.63. The Balaban J connectivity index is 2.46. The molecule has 0 atom stereocenters. The monoisotopic (exact) mass is 460 g/mol. The molecule has 0 bridgehead atoms. The maximum absolute atomic E-state index is 12.1. The highest BCUT2D eigenvalue weighted by Gasteiger charge is 2.05. The second-order valence-corrected chi connectivity index (χ2v) is 7.22. The number of allylic oxidation sites excluding steroid dienone is 3. The summed E-state index contributed by atoms with van der Waals surface area (Å²) in [4.78, 5) is 23.9. The van der Waals surface area contributed by atoms with Crippen LogP contribution in [0.1, 0.15) is 69.2 Å². The first kappa shape index (κ1) is 28.0. The van der Waals surface area contributed by atoms with Crippen molar-refractivity contribution in [3.05, 3.63) is 66.2 Å². The van der Waals surface area contributed by atoms with Gasteiger partial charge in [-0.1, -0.05) is 46.0 Å². The minimum Gasteiger partial charge on any atom is -0.494 e. The van der Waals surface area contributed by atoms with Gasteiger partial charge in [0.25, 0.3) is 0 Å². The highest BCUT2D eigenvalue weighted by atomic mass is 16.6. The van der Waals surface area contributed by atoms with Gasteiger partial charge in [0.1, 0.15) is 11.5 Å². The van der Waals surface area contributed by atoms with E-state index in [9.17, 15) is 9.59 Å². The van der Waals surface area contributed by atoms with E-state index in [2.05, 4.69) is 13.8 Å². The van der Waals surface area contributed by atoms with Crippen molar-refractivity contribution in [3.63, 3.8) is 0 Å². The third-order valence-electron chi connectivity index (χ3n) is 4.48. The number of hydrogen-bond donors (Lipinski definition) is 1. The summed E-state index contributed by atoms with van der Waals surface area (Å²) in [5, 5.41) is 9.00. The number of carbonyl (C=O) groups is 2. The molecule has 1 N–H and O–H groups in total. The van der Waals surface area contributed by atoms with E-state index in [0.717, 1.165) is 38.5 Å². The molecule has 0 spiro atoms. The van der Waals surface area contributed by atoms with Crippen LogP contribution < -0.4 is 4.74 Å². The minimum atomic E-state index is -0.567. The summed E-state index contributed by atoms with van der Waals surface area (Å²) >= 11 is 0. The van der Waals surface area contributed by atoms with Gasteiger partial charge >= 0.3 is 11.9 Å². The van der Waals surface area contributed by atoms with E-state index in [1.165, 1.54) is 37.0 Å². The van der Waals surface area contributed by atoms with E-state index >= 15 is 0 Å². The van der Waals surface area contributed by atoms with Crippen molar-refractivity contribution in [2.75, 3.05) is 20.0 Å². The third kappa shape index (κ3) is 13.9. The summed E-state index contributed by atoms with van der Waals surface area (Å²) in [6.07, 6.45) is 14.0. The average Bonchev–Trinajstić information content (AvgIpc) is 2.82. The Morgan fingerprint density at radius 1 is 0.879 bits per heavy atom. The van der Waals surface area contributed by atoms with Crippen LogP contribution in [0.3, 0.4) is 0 Å². The summed E-state index contributed by atoms with van der Waals surface area (Å²) in [5.41, 5.74) is 0.385. The summed E-state index contributed by atoms with van der Waals surface area (Å²) in [7, 11) is 0. The zero-order chi connectivity index (χ0) is 24.2. The number of aliphatic hydroxyl groups is 1. The fourth-order valence-corrected chi connectivity index (χ4v) is 2.63. The summed E-state index contributed by atoms with van der Waals surface area (Å²) in [6.45, 7) is 4.68. The molecule has 0 aliphatic carbocycles. The van der Waals surface area contributed by atoms with E-state index in [4.69, 9.17) is 24.1 Å². The standard InChI is InChI=1S/C26H36O7/c1-3-5-7-8-9-19-31-25(28)17-16-23(33-21-27)11-10-20-32-26(29)22-12-14-24(15-13-22)30-18-6-4-2/h10-17,20,27H,3-9,18-19,21H2,1-2H3/b17-16+,20-10+,23-11+. The molecule has 7 heteroatoms. The van der Waals surface area contributed by atoms with Crippen molar-refractivity contribution in [2.24, 2.45) is 0 Å². The molecular formula is C26H36O7. The molecule has 0 aromatic heterocycles. The Bertz CT molecular complexity index is 763. The second kappa shape index (κ2) is 18.5. The predicted molar refractivity (Wildman–Crippen MR) is 127 cm³/mol. The van der Waals surface area contributed by atoms with Gasteiger partial charge in [-0.25, -0.2) is 9.59 Å². The van der Waals surface area contributed by atoms with Gasteiger partial charge < -0.3 is 24.1 Å². The lowest BCUT2D eigenvalue weighted by molar-refractivity contribution is -0.137. The van der Waals surface area contributed by atoms with Crippen molar-refractivity contribution < 1.29 is 33.6 Å². The van der Waals surface area contributed by atoms with Crippen molar-refractivity contribution >= 4 is 11.9 Å². The van der Waals surface area contributed by atoms with Crippen LogP contribution in [-0.2, 0) is 19.0 Å². The SMILES string of the molecule is CCCCCCCOC(=O)/C=C/C(=C\C=C\OC(=O)c1ccc(OCCCC)cc1)OCO. The lowest BCUT2D eigenvalue weighted by Gasteiger charge is -2.05. The maximum Gasteiger partial charge on any atom is 0.342 e. The number of aliphatic hydroxyl groups excluding tert-OH is 1. The summed E-state index contributed by atoms with van der Waals surface area (Å²) in [5.74, 6) is -0.109. The van der Waals surface area contributed by atoms with Crippen LogP contribution in [0, 0.1) is 0 Å². The van der Waals surface area contributed by atoms with Crippen molar-refractivity contribution in [1.82, 2.24) is 0 Å². The molecule has 0 aliphatic rings. The lowest BCUT2D eigenvalue weighted by atomic mass is 10.2. The van der Waals surface area contributed by atoms with Crippen molar-refractivity contribution in [1.29, 1.82) is 0 Å². The zero-order valence-electron chi connectivity index (χ0n) is 19.7. The highest BCUT2D eigenvalue weighted by Crippen LogP contribution is 2.13. The number of rotatable bonds is 17. The van der Waals surface area contributed by atoms with Crippen molar-refractivity contribution in [2.45, 2.75) is 58.8 Å². The number of unbranched alkanes of at least 4 members (excludes halogenated alkanes) is 5. The van der Waals surface area contributed by atoms with Gasteiger partial charge in [0, 0.05) is 6.08 Å². The van der Waals surface area contributed by atoms with Gasteiger partial charge in [-0.3, -0.25) is 0 Å². The normalized spacial score (nSPS) is 11.7. The molecule has 182 valence electrons. The molecule has 1 aromatic rings. The lowest BCUT2D eigenvalue weighted by Crippen LogP contribution is -2.03. The fraction of sp³-hybridized carbons (Fsp3) is 0.462. The first-order valence-electron chi connectivity index (χ1n) is 11.5. The third-order valence-corrected chi connectivity index (χ3v) is 4.48. The second-order valence-electron chi connectivity index (χ2n) is 7.22. The summed E-state index contributed by atoms with van der Waals surface area (Å²) < 4.78 is 20.8. The topological polar surface area (TPSA) is 91.3 Å². The summed E-state index contributed by atoms with van der Waals surface area (Å²) in [6, 6.07) is 6.70. The van der Waals surface area contributed by atoms with Gasteiger partial charge in [-0.2, -0.15) is 0 Å². The van der Waals surface area contributed by atoms with Gasteiger partial charge in [0.15, 0.2) is 6.79 Å². The Hall–Kier alpha value is -3.06. The van der Waals surface area contributed by atoms with E-state index in [-0.39, 0.29) is 5.76 Å². The van der Waals surface area contributed by atoms with Crippen LogP contribution >= 0.6 is 0 Å². The predicted octanol–water partition coefficient (Wildman–Crippen LogP) is 5.46. The molecule has 0 unspecified atom stereocenters. The number of esters is 2. The number of ether oxygens (including phenoxy) is 4. The average molecular weight is 461 g/mol. The van der Waals surface area contributed by atoms with E-state index < -0.39 is 18.7 Å². The quantitative estimate of drug-likeness (QED) is 0.0824.